The first kappa shape index (κ1) is 15.8. The molecule has 0 aromatic heterocycles. The number of carbonyl (C=O) groups excluding carboxylic acids is 1. The van der Waals surface area contributed by atoms with Crippen molar-refractivity contribution in [3.63, 3.8) is 0 Å². The molecule has 1 aliphatic rings. The fraction of sp³-hybridized carbons (Fsp3) is 0.588. The maximum Gasteiger partial charge on any atom is 0.234 e. The molecule has 0 radical (unpaired) electrons. The van der Waals surface area contributed by atoms with E-state index in [0.717, 1.165) is 18.6 Å². The van der Waals surface area contributed by atoms with Crippen molar-refractivity contribution in [2.45, 2.75) is 45.1 Å². The van der Waals surface area contributed by atoms with Gasteiger partial charge >= 0.3 is 0 Å². The van der Waals surface area contributed by atoms with Crippen molar-refractivity contribution in [2.24, 2.45) is 0 Å². The van der Waals surface area contributed by atoms with Gasteiger partial charge in [0.1, 0.15) is 12.4 Å². The summed E-state index contributed by atoms with van der Waals surface area (Å²) >= 11 is 0. The molecule has 4 heteroatoms. The average Bonchev–Trinajstić information content (AvgIpc) is 2.48. The molecule has 116 valence electrons. The zero-order valence-electron chi connectivity index (χ0n) is 12.9. The van der Waals surface area contributed by atoms with Crippen molar-refractivity contribution in [3.8, 4) is 5.75 Å². The van der Waals surface area contributed by atoms with E-state index in [1.54, 1.807) is 0 Å². The minimum atomic E-state index is 0.0949. The first-order valence-electron chi connectivity index (χ1n) is 7.93. The highest BCUT2D eigenvalue weighted by Gasteiger charge is 2.14. The molecule has 1 saturated carbocycles. The summed E-state index contributed by atoms with van der Waals surface area (Å²) in [6, 6.07) is 8.37. The minimum absolute atomic E-state index is 0.0949. The number of ether oxygens (including phenoxy) is 1. The van der Waals surface area contributed by atoms with Crippen molar-refractivity contribution in [1.29, 1.82) is 0 Å². The summed E-state index contributed by atoms with van der Waals surface area (Å²) in [5.41, 5.74) is 1.19. The highest BCUT2D eigenvalue weighted by Crippen LogP contribution is 2.17. The number of benzene rings is 1. The Morgan fingerprint density at radius 2 is 2.10 bits per heavy atom. The highest BCUT2D eigenvalue weighted by molar-refractivity contribution is 5.78. The monoisotopic (exact) mass is 290 g/mol. The maximum absolute atomic E-state index is 11.8. The molecule has 1 aliphatic carbocycles. The summed E-state index contributed by atoms with van der Waals surface area (Å²) < 4.78 is 5.62. The van der Waals surface area contributed by atoms with E-state index in [-0.39, 0.29) is 5.91 Å². The van der Waals surface area contributed by atoms with Gasteiger partial charge in [-0.2, -0.15) is 0 Å². The van der Waals surface area contributed by atoms with E-state index in [4.69, 9.17) is 4.74 Å². The second-order valence-electron chi connectivity index (χ2n) is 5.74. The predicted molar refractivity (Wildman–Crippen MR) is 84.6 cm³/mol. The molecule has 1 aromatic rings. The van der Waals surface area contributed by atoms with Gasteiger partial charge in [0.15, 0.2) is 0 Å². The molecule has 0 atom stereocenters. The fourth-order valence-corrected chi connectivity index (χ4v) is 2.67. The molecule has 0 saturated heterocycles. The maximum atomic E-state index is 11.8. The molecule has 0 bridgehead atoms. The molecular formula is C17H26N2O2. The van der Waals surface area contributed by atoms with Crippen LogP contribution in [0.1, 0.15) is 37.7 Å². The Kier molecular flexibility index (Phi) is 6.54. The second-order valence-corrected chi connectivity index (χ2v) is 5.74. The Morgan fingerprint density at radius 3 is 2.86 bits per heavy atom. The Balaban J connectivity index is 1.53. The van der Waals surface area contributed by atoms with E-state index < -0.39 is 0 Å². The molecule has 1 fully saturated rings. The van der Waals surface area contributed by atoms with Gasteiger partial charge in [-0.1, -0.05) is 31.4 Å². The third-order valence-corrected chi connectivity index (χ3v) is 3.79. The lowest BCUT2D eigenvalue weighted by Gasteiger charge is -2.22. The highest BCUT2D eigenvalue weighted by atomic mass is 16.5. The summed E-state index contributed by atoms with van der Waals surface area (Å²) in [5, 5.41) is 6.22. The van der Waals surface area contributed by atoms with Crippen molar-refractivity contribution in [1.82, 2.24) is 10.6 Å². The van der Waals surface area contributed by atoms with Crippen LogP contribution in [0.3, 0.4) is 0 Å². The number of amides is 1. The van der Waals surface area contributed by atoms with E-state index >= 15 is 0 Å². The normalized spacial score (nSPS) is 15.7. The Hall–Kier alpha value is -1.55. The lowest BCUT2D eigenvalue weighted by molar-refractivity contribution is -0.121. The van der Waals surface area contributed by atoms with Crippen LogP contribution in [0.15, 0.2) is 24.3 Å². The zero-order valence-corrected chi connectivity index (χ0v) is 12.9. The van der Waals surface area contributed by atoms with E-state index in [1.165, 1.54) is 24.8 Å². The summed E-state index contributed by atoms with van der Waals surface area (Å²) in [7, 11) is 0. The lowest BCUT2D eigenvalue weighted by Crippen LogP contribution is -2.42. The van der Waals surface area contributed by atoms with Crippen LogP contribution in [0, 0.1) is 6.92 Å². The van der Waals surface area contributed by atoms with Gasteiger partial charge in [0.2, 0.25) is 5.91 Å². The standard InChI is InChI=1S/C17H26N2O2/c1-14-6-5-9-16(12-14)21-11-10-18-13-17(20)19-15-7-3-2-4-8-15/h5-6,9,12,15,18H,2-4,7-8,10-11,13H2,1H3,(H,19,20). The number of carbonyl (C=O) groups is 1. The number of aryl methyl sites for hydroxylation is 1. The van der Waals surface area contributed by atoms with Crippen LogP contribution in [-0.2, 0) is 4.79 Å². The van der Waals surface area contributed by atoms with Crippen LogP contribution >= 0.6 is 0 Å². The fourth-order valence-electron chi connectivity index (χ4n) is 2.67. The Morgan fingerprint density at radius 1 is 1.29 bits per heavy atom. The largest absolute Gasteiger partial charge is 0.492 e. The van der Waals surface area contributed by atoms with Crippen LogP contribution in [0.25, 0.3) is 0 Å². The number of rotatable bonds is 7. The van der Waals surface area contributed by atoms with Gasteiger partial charge in [0, 0.05) is 12.6 Å². The molecule has 1 aromatic carbocycles. The van der Waals surface area contributed by atoms with Crippen molar-refractivity contribution < 1.29 is 9.53 Å². The average molecular weight is 290 g/mol. The van der Waals surface area contributed by atoms with Gasteiger partial charge < -0.3 is 15.4 Å². The zero-order chi connectivity index (χ0) is 14.9. The van der Waals surface area contributed by atoms with Crippen LogP contribution < -0.4 is 15.4 Å². The molecule has 0 unspecified atom stereocenters. The first-order chi connectivity index (χ1) is 10.2. The van der Waals surface area contributed by atoms with Gasteiger partial charge in [-0.25, -0.2) is 0 Å². The number of nitrogens with one attached hydrogen (secondary N) is 2. The number of hydrogen-bond donors (Lipinski definition) is 2. The van der Waals surface area contributed by atoms with E-state index in [9.17, 15) is 4.79 Å². The van der Waals surface area contributed by atoms with Gasteiger partial charge in [-0.3, -0.25) is 4.79 Å². The first-order valence-corrected chi connectivity index (χ1v) is 7.93. The molecule has 2 N–H and O–H groups in total. The molecular weight excluding hydrogens is 264 g/mol. The van der Waals surface area contributed by atoms with Crippen LogP contribution in [0.5, 0.6) is 5.75 Å². The summed E-state index contributed by atoms with van der Waals surface area (Å²) in [4.78, 5) is 11.8. The van der Waals surface area contributed by atoms with E-state index in [0.29, 0.717) is 25.7 Å². The summed E-state index contributed by atoms with van der Waals surface area (Å²) in [6.45, 7) is 3.65. The van der Waals surface area contributed by atoms with Crippen LogP contribution in [0.4, 0.5) is 0 Å². The Labute approximate surface area is 127 Å². The van der Waals surface area contributed by atoms with E-state index in [1.807, 2.05) is 31.2 Å². The molecule has 21 heavy (non-hydrogen) atoms. The molecule has 0 aliphatic heterocycles. The Bertz CT molecular complexity index is 442. The summed E-state index contributed by atoms with van der Waals surface area (Å²) in [5.74, 6) is 0.973. The molecule has 2 rings (SSSR count). The summed E-state index contributed by atoms with van der Waals surface area (Å²) in [6.07, 6.45) is 6.04. The van der Waals surface area contributed by atoms with Gasteiger partial charge in [0.05, 0.1) is 6.54 Å². The molecule has 0 heterocycles. The molecule has 4 nitrogen and oxygen atoms in total. The van der Waals surface area contributed by atoms with Crippen molar-refractivity contribution >= 4 is 5.91 Å². The second kappa shape index (κ2) is 8.67. The number of hydrogen-bond acceptors (Lipinski definition) is 3. The van der Waals surface area contributed by atoms with Crippen LogP contribution in [-0.4, -0.2) is 31.6 Å². The third kappa shape index (κ3) is 6.17. The van der Waals surface area contributed by atoms with Gasteiger partial charge in [0.25, 0.3) is 0 Å². The van der Waals surface area contributed by atoms with Gasteiger partial charge in [-0.05, 0) is 37.5 Å². The predicted octanol–water partition coefficient (Wildman–Crippen LogP) is 2.41. The van der Waals surface area contributed by atoms with Gasteiger partial charge in [-0.15, -0.1) is 0 Å². The lowest BCUT2D eigenvalue weighted by atomic mass is 9.95. The smallest absolute Gasteiger partial charge is 0.234 e. The van der Waals surface area contributed by atoms with Crippen LogP contribution in [0.2, 0.25) is 0 Å². The quantitative estimate of drug-likeness (QED) is 0.758. The molecule has 0 spiro atoms. The minimum Gasteiger partial charge on any atom is -0.492 e. The van der Waals surface area contributed by atoms with Crippen molar-refractivity contribution in [3.05, 3.63) is 29.8 Å². The topological polar surface area (TPSA) is 50.4 Å². The SMILES string of the molecule is Cc1cccc(OCCNCC(=O)NC2CCCCC2)c1. The van der Waals surface area contributed by atoms with Crippen molar-refractivity contribution in [2.75, 3.05) is 19.7 Å². The third-order valence-electron chi connectivity index (χ3n) is 3.79. The molecule has 1 amide bonds. The van der Waals surface area contributed by atoms with E-state index in [2.05, 4.69) is 10.6 Å².